The number of carboxylic acid groups (broad SMARTS) is 1. The Morgan fingerprint density at radius 2 is 2.20 bits per heavy atom. The highest BCUT2D eigenvalue weighted by atomic mass is 16.5. The minimum Gasteiger partial charge on any atom is -0.478 e. The predicted molar refractivity (Wildman–Crippen MR) is 74.0 cm³/mol. The third-order valence-electron chi connectivity index (χ3n) is 3.11. The molecule has 6 heteroatoms. The Morgan fingerprint density at radius 1 is 1.40 bits per heavy atom. The fourth-order valence-electron chi connectivity index (χ4n) is 2.21. The SMILES string of the molecule is Cc1nc2c(C(=O)O)cccc2n1CCCOCCO. The molecule has 0 atom stereocenters. The minimum atomic E-state index is -0.966. The Labute approximate surface area is 116 Å². The topological polar surface area (TPSA) is 84.6 Å². The maximum absolute atomic E-state index is 11.2. The van der Waals surface area contributed by atoms with Gasteiger partial charge in [-0.2, -0.15) is 0 Å². The molecule has 1 aromatic carbocycles. The van der Waals surface area contributed by atoms with Gasteiger partial charge in [-0.3, -0.25) is 0 Å². The highest BCUT2D eigenvalue weighted by Gasteiger charge is 2.14. The number of nitrogens with zero attached hydrogens (tertiary/aromatic N) is 2. The van der Waals surface area contributed by atoms with E-state index in [2.05, 4.69) is 4.98 Å². The van der Waals surface area contributed by atoms with Gasteiger partial charge in [-0.25, -0.2) is 9.78 Å². The van der Waals surface area contributed by atoms with Crippen molar-refractivity contribution in [2.45, 2.75) is 19.9 Å². The Hall–Kier alpha value is -1.92. The van der Waals surface area contributed by atoms with Crippen molar-refractivity contribution in [2.24, 2.45) is 0 Å². The molecule has 0 unspecified atom stereocenters. The summed E-state index contributed by atoms with van der Waals surface area (Å²) < 4.78 is 7.21. The number of aliphatic hydroxyl groups excluding tert-OH is 1. The smallest absolute Gasteiger partial charge is 0.337 e. The van der Waals surface area contributed by atoms with Crippen molar-refractivity contribution in [1.82, 2.24) is 9.55 Å². The monoisotopic (exact) mass is 278 g/mol. The Bertz CT molecular complexity index is 606. The molecule has 0 aliphatic carbocycles. The van der Waals surface area contributed by atoms with Crippen LogP contribution >= 0.6 is 0 Å². The number of carbonyl (C=O) groups is 1. The average molecular weight is 278 g/mol. The number of benzene rings is 1. The summed E-state index contributed by atoms with van der Waals surface area (Å²) in [7, 11) is 0. The lowest BCUT2D eigenvalue weighted by Crippen LogP contribution is -2.06. The van der Waals surface area contributed by atoms with Gasteiger partial charge in [0.1, 0.15) is 11.3 Å². The van der Waals surface area contributed by atoms with Crippen molar-refractivity contribution in [1.29, 1.82) is 0 Å². The molecule has 1 heterocycles. The van der Waals surface area contributed by atoms with E-state index in [4.69, 9.17) is 14.9 Å². The number of hydrogen-bond acceptors (Lipinski definition) is 4. The summed E-state index contributed by atoms with van der Waals surface area (Å²) >= 11 is 0. The van der Waals surface area contributed by atoms with Gasteiger partial charge >= 0.3 is 5.97 Å². The van der Waals surface area contributed by atoms with Crippen LogP contribution in [0.4, 0.5) is 0 Å². The van der Waals surface area contributed by atoms with E-state index >= 15 is 0 Å². The molecule has 6 nitrogen and oxygen atoms in total. The van der Waals surface area contributed by atoms with E-state index in [-0.39, 0.29) is 12.2 Å². The number of aromatic nitrogens is 2. The lowest BCUT2D eigenvalue weighted by molar-refractivity contribution is 0.0699. The zero-order valence-corrected chi connectivity index (χ0v) is 11.4. The summed E-state index contributed by atoms with van der Waals surface area (Å²) in [4.78, 5) is 15.5. The van der Waals surface area contributed by atoms with Crippen molar-refractivity contribution >= 4 is 17.0 Å². The van der Waals surface area contributed by atoms with Gasteiger partial charge in [0, 0.05) is 13.2 Å². The van der Waals surface area contributed by atoms with Crippen molar-refractivity contribution in [3.05, 3.63) is 29.6 Å². The van der Waals surface area contributed by atoms with E-state index in [0.717, 1.165) is 17.8 Å². The van der Waals surface area contributed by atoms with Crippen LogP contribution in [0.1, 0.15) is 22.6 Å². The summed E-state index contributed by atoms with van der Waals surface area (Å²) in [6.07, 6.45) is 0.781. The zero-order chi connectivity index (χ0) is 14.5. The molecule has 0 aliphatic heterocycles. The number of carboxylic acids is 1. The van der Waals surface area contributed by atoms with Gasteiger partial charge in [0.15, 0.2) is 0 Å². The number of ether oxygens (including phenoxy) is 1. The quantitative estimate of drug-likeness (QED) is 0.749. The van der Waals surface area contributed by atoms with Crippen molar-refractivity contribution in [3.8, 4) is 0 Å². The second-order valence-corrected chi connectivity index (χ2v) is 4.48. The third-order valence-corrected chi connectivity index (χ3v) is 3.11. The van der Waals surface area contributed by atoms with E-state index in [0.29, 0.717) is 25.3 Å². The van der Waals surface area contributed by atoms with Gasteiger partial charge in [-0.1, -0.05) is 6.07 Å². The molecule has 108 valence electrons. The zero-order valence-electron chi connectivity index (χ0n) is 11.4. The standard InChI is InChI=1S/C14H18N2O4/c1-10-15-13-11(14(18)19)4-2-5-12(13)16(10)6-3-8-20-9-7-17/h2,4-5,17H,3,6-9H2,1H3,(H,18,19). The minimum absolute atomic E-state index is 0.0228. The van der Waals surface area contributed by atoms with Crippen molar-refractivity contribution in [3.63, 3.8) is 0 Å². The number of imidazole rings is 1. The van der Waals surface area contributed by atoms with Gasteiger partial charge in [0.2, 0.25) is 0 Å². The van der Waals surface area contributed by atoms with Crippen LogP contribution in [0.15, 0.2) is 18.2 Å². The molecule has 2 rings (SSSR count). The maximum Gasteiger partial charge on any atom is 0.337 e. The van der Waals surface area contributed by atoms with Crippen LogP contribution in [0.2, 0.25) is 0 Å². The Morgan fingerprint density at radius 3 is 2.90 bits per heavy atom. The molecule has 20 heavy (non-hydrogen) atoms. The molecule has 0 aliphatic rings. The summed E-state index contributed by atoms with van der Waals surface area (Å²) in [5.74, 6) is -0.178. The normalized spacial score (nSPS) is 11.1. The van der Waals surface area contributed by atoms with E-state index in [1.165, 1.54) is 0 Å². The average Bonchev–Trinajstić information content (AvgIpc) is 2.74. The van der Waals surface area contributed by atoms with Crippen LogP contribution in [-0.2, 0) is 11.3 Å². The van der Waals surface area contributed by atoms with E-state index in [1.54, 1.807) is 12.1 Å². The van der Waals surface area contributed by atoms with Crippen LogP contribution in [-0.4, -0.2) is 45.6 Å². The fraction of sp³-hybridized carbons (Fsp3) is 0.429. The van der Waals surface area contributed by atoms with Crippen LogP contribution in [0.25, 0.3) is 11.0 Å². The number of aryl methyl sites for hydroxylation is 2. The molecule has 2 aromatic rings. The summed E-state index contributed by atoms with van der Waals surface area (Å²) in [6.45, 7) is 3.48. The molecule has 0 amide bonds. The van der Waals surface area contributed by atoms with Gasteiger partial charge in [0.05, 0.1) is 24.3 Å². The van der Waals surface area contributed by atoms with Gasteiger partial charge < -0.3 is 19.5 Å². The van der Waals surface area contributed by atoms with Gasteiger partial charge in [-0.05, 0) is 25.5 Å². The first kappa shape index (κ1) is 14.5. The van der Waals surface area contributed by atoms with E-state index < -0.39 is 5.97 Å². The van der Waals surface area contributed by atoms with Crippen LogP contribution in [0.3, 0.4) is 0 Å². The lowest BCUT2D eigenvalue weighted by Gasteiger charge is -2.07. The Kier molecular flexibility index (Phi) is 4.70. The van der Waals surface area contributed by atoms with Crippen molar-refractivity contribution < 1.29 is 19.7 Å². The van der Waals surface area contributed by atoms with Gasteiger partial charge in [0.25, 0.3) is 0 Å². The predicted octanol–water partition coefficient (Wildman–Crippen LogP) is 1.44. The molecular weight excluding hydrogens is 260 g/mol. The molecule has 0 fully saturated rings. The highest BCUT2D eigenvalue weighted by molar-refractivity contribution is 6.01. The first-order valence-electron chi connectivity index (χ1n) is 6.53. The number of aliphatic hydroxyl groups is 1. The van der Waals surface area contributed by atoms with E-state index in [9.17, 15) is 4.79 Å². The molecule has 0 radical (unpaired) electrons. The van der Waals surface area contributed by atoms with Crippen LogP contribution in [0.5, 0.6) is 0 Å². The second kappa shape index (κ2) is 6.49. The summed E-state index contributed by atoms with van der Waals surface area (Å²) in [5.41, 5.74) is 1.57. The van der Waals surface area contributed by atoms with Crippen LogP contribution < -0.4 is 0 Å². The first-order chi connectivity index (χ1) is 9.65. The van der Waals surface area contributed by atoms with Crippen molar-refractivity contribution in [2.75, 3.05) is 19.8 Å². The molecule has 0 saturated carbocycles. The maximum atomic E-state index is 11.2. The lowest BCUT2D eigenvalue weighted by atomic mass is 10.2. The molecule has 2 N–H and O–H groups in total. The molecule has 1 aromatic heterocycles. The third kappa shape index (κ3) is 2.97. The molecule has 0 bridgehead atoms. The van der Waals surface area contributed by atoms with Crippen LogP contribution in [0, 0.1) is 6.92 Å². The summed E-state index contributed by atoms with van der Waals surface area (Å²) in [5, 5.41) is 17.8. The Balaban J connectivity index is 2.19. The molecular formula is C14H18N2O4. The highest BCUT2D eigenvalue weighted by Crippen LogP contribution is 2.20. The second-order valence-electron chi connectivity index (χ2n) is 4.48. The van der Waals surface area contributed by atoms with Gasteiger partial charge in [-0.15, -0.1) is 0 Å². The molecule has 0 saturated heterocycles. The number of fused-ring (bicyclic) bond motifs is 1. The first-order valence-corrected chi connectivity index (χ1v) is 6.53. The number of hydrogen-bond donors (Lipinski definition) is 2. The van der Waals surface area contributed by atoms with E-state index in [1.807, 2.05) is 17.6 Å². The number of aromatic carboxylic acids is 1. The largest absolute Gasteiger partial charge is 0.478 e. The number of rotatable bonds is 7. The fourth-order valence-corrected chi connectivity index (χ4v) is 2.21. The molecule has 0 spiro atoms. The summed E-state index contributed by atoms with van der Waals surface area (Å²) in [6, 6.07) is 5.16. The number of para-hydroxylation sites is 1.